The Morgan fingerprint density at radius 1 is 1.00 bits per heavy atom. The van der Waals surface area contributed by atoms with Crippen molar-refractivity contribution in [2.75, 3.05) is 11.9 Å². The van der Waals surface area contributed by atoms with Crippen molar-refractivity contribution in [3.05, 3.63) is 63.1 Å². The zero-order chi connectivity index (χ0) is 18.5. The van der Waals surface area contributed by atoms with Crippen LogP contribution in [0.25, 0.3) is 0 Å². The molecule has 1 heterocycles. The summed E-state index contributed by atoms with van der Waals surface area (Å²) >= 11 is 24.2. The van der Waals surface area contributed by atoms with E-state index in [1.165, 1.54) is 18.4 Å². The number of rotatable bonds is 3. The van der Waals surface area contributed by atoms with Gasteiger partial charge in [-0.05, 0) is 49.2 Å². The van der Waals surface area contributed by atoms with Gasteiger partial charge in [0.25, 0.3) is 0 Å². The summed E-state index contributed by atoms with van der Waals surface area (Å²) in [4.78, 5) is 2.30. The molecular formula is C20H21Cl3N2S. The number of hydrogen-bond acceptors (Lipinski definition) is 1. The molecule has 0 amide bonds. The van der Waals surface area contributed by atoms with Gasteiger partial charge >= 0.3 is 0 Å². The number of hydrogen-bond donors (Lipinski definition) is 1. The minimum absolute atomic E-state index is 0.376. The van der Waals surface area contributed by atoms with Crippen LogP contribution in [-0.2, 0) is 6.42 Å². The molecule has 1 unspecified atom stereocenters. The molecule has 1 saturated heterocycles. The maximum atomic E-state index is 6.30. The molecule has 2 aromatic rings. The van der Waals surface area contributed by atoms with Crippen molar-refractivity contribution >= 4 is 57.8 Å². The van der Waals surface area contributed by atoms with Gasteiger partial charge in [-0.25, -0.2) is 0 Å². The van der Waals surface area contributed by atoms with Gasteiger partial charge in [0.2, 0.25) is 0 Å². The number of nitrogens with zero attached hydrogens (tertiary/aromatic N) is 1. The first kappa shape index (κ1) is 19.8. The summed E-state index contributed by atoms with van der Waals surface area (Å²) in [6.45, 7) is 0.947. The first-order valence-corrected chi connectivity index (χ1v) is 10.3. The van der Waals surface area contributed by atoms with Crippen LogP contribution in [0.3, 0.4) is 0 Å². The highest BCUT2D eigenvalue weighted by molar-refractivity contribution is 7.80. The molecule has 0 radical (unpaired) electrons. The summed E-state index contributed by atoms with van der Waals surface area (Å²) in [5.74, 6) is 0. The Balaban J connectivity index is 1.77. The zero-order valence-corrected chi connectivity index (χ0v) is 17.4. The summed E-state index contributed by atoms with van der Waals surface area (Å²) in [5, 5.41) is 5.36. The van der Waals surface area contributed by atoms with Crippen LogP contribution in [0.2, 0.25) is 15.1 Å². The average Bonchev–Trinajstić information content (AvgIpc) is 2.86. The predicted molar refractivity (Wildman–Crippen MR) is 117 cm³/mol. The molecule has 1 fully saturated rings. The van der Waals surface area contributed by atoms with Crippen molar-refractivity contribution < 1.29 is 0 Å². The van der Waals surface area contributed by atoms with Gasteiger partial charge in [-0.1, -0.05) is 78.0 Å². The van der Waals surface area contributed by atoms with Crippen LogP contribution < -0.4 is 5.32 Å². The van der Waals surface area contributed by atoms with Gasteiger partial charge in [0, 0.05) is 12.6 Å². The molecule has 2 nitrogen and oxygen atoms in total. The van der Waals surface area contributed by atoms with Gasteiger partial charge in [0.1, 0.15) is 0 Å². The molecular weight excluding hydrogens is 407 g/mol. The highest BCUT2D eigenvalue weighted by Crippen LogP contribution is 2.33. The predicted octanol–water partition coefficient (Wildman–Crippen LogP) is 6.83. The van der Waals surface area contributed by atoms with E-state index in [-0.39, 0.29) is 0 Å². The lowest BCUT2D eigenvalue weighted by molar-refractivity contribution is 0.317. The number of nitrogens with one attached hydrogen (secondary N) is 1. The molecule has 1 atom stereocenters. The summed E-state index contributed by atoms with van der Waals surface area (Å²) in [6, 6.07) is 14.3. The van der Waals surface area contributed by atoms with Crippen LogP contribution in [-0.4, -0.2) is 22.6 Å². The van der Waals surface area contributed by atoms with Gasteiger partial charge in [-0.15, -0.1) is 0 Å². The van der Waals surface area contributed by atoms with Crippen molar-refractivity contribution in [3.63, 3.8) is 0 Å². The number of benzene rings is 2. The van der Waals surface area contributed by atoms with E-state index in [1.54, 1.807) is 12.1 Å². The maximum absolute atomic E-state index is 6.30. The van der Waals surface area contributed by atoms with Crippen LogP contribution in [0, 0.1) is 0 Å². The fourth-order valence-electron chi connectivity index (χ4n) is 3.35. The Morgan fingerprint density at radius 2 is 1.73 bits per heavy atom. The lowest BCUT2D eigenvalue weighted by Gasteiger charge is -2.33. The third-order valence-corrected chi connectivity index (χ3v) is 6.08. The minimum Gasteiger partial charge on any atom is -0.346 e. The van der Waals surface area contributed by atoms with E-state index in [9.17, 15) is 0 Å². The van der Waals surface area contributed by atoms with Gasteiger partial charge in [-0.3, -0.25) is 0 Å². The third kappa shape index (κ3) is 5.04. The molecule has 1 N–H and O–H groups in total. The fraction of sp³-hybridized carbons (Fsp3) is 0.350. The second-order valence-electron chi connectivity index (χ2n) is 6.56. The van der Waals surface area contributed by atoms with E-state index in [0.29, 0.717) is 31.9 Å². The highest BCUT2D eigenvalue weighted by atomic mass is 35.5. The summed E-state index contributed by atoms with van der Waals surface area (Å²) in [7, 11) is 0. The maximum Gasteiger partial charge on any atom is 0.173 e. The topological polar surface area (TPSA) is 15.3 Å². The Bertz CT molecular complexity index is 767. The lowest BCUT2D eigenvalue weighted by atomic mass is 10.0. The molecule has 1 aliphatic rings. The largest absolute Gasteiger partial charge is 0.346 e. The molecule has 6 heteroatoms. The second-order valence-corrected chi connectivity index (χ2v) is 8.17. The zero-order valence-electron chi connectivity index (χ0n) is 14.4. The second kappa shape index (κ2) is 9.27. The van der Waals surface area contributed by atoms with E-state index in [1.807, 2.05) is 6.07 Å². The molecule has 138 valence electrons. The first-order valence-electron chi connectivity index (χ1n) is 8.80. The highest BCUT2D eigenvalue weighted by Gasteiger charge is 2.24. The fourth-order valence-corrected chi connectivity index (χ4v) is 4.29. The van der Waals surface area contributed by atoms with E-state index in [0.717, 1.165) is 25.8 Å². The number of thiocarbonyl (C=S) groups is 1. The molecule has 26 heavy (non-hydrogen) atoms. The summed E-state index contributed by atoms with van der Waals surface area (Å²) in [6.07, 6.45) is 5.72. The smallest absolute Gasteiger partial charge is 0.173 e. The number of anilines is 1. The third-order valence-electron chi connectivity index (χ3n) is 4.70. The van der Waals surface area contributed by atoms with Crippen molar-refractivity contribution in [2.45, 2.75) is 38.1 Å². The molecule has 0 bridgehead atoms. The Kier molecular flexibility index (Phi) is 7.05. The quantitative estimate of drug-likeness (QED) is 0.427. The van der Waals surface area contributed by atoms with E-state index in [2.05, 4.69) is 34.5 Å². The van der Waals surface area contributed by atoms with Gasteiger partial charge < -0.3 is 10.2 Å². The van der Waals surface area contributed by atoms with E-state index in [4.69, 9.17) is 47.0 Å². The monoisotopic (exact) mass is 426 g/mol. The van der Waals surface area contributed by atoms with Crippen molar-refractivity contribution in [1.29, 1.82) is 0 Å². The molecule has 1 aliphatic heterocycles. The lowest BCUT2D eigenvalue weighted by Crippen LogP contribution is -2.43. The van der Waals surface area contributed by atoms with E-state index < -0.39 is 0 Å². The van der Waals surface area contributed by atoms with Crippen LogP contribution in [0.1, 0.15) is 31.2 Å². The van der Waals surface area contributed by atoms with Gasteiger partial charge in [0.15, 0.2) is 5.11 Å². The molecule has 0 aliphatic carbocycles. The Labute approximate surface area is 175 Å². The van der Waals surface area contributed by atoms with Crippen molar-refractivity contribution in [2.24, 2.45) is 0 Å². The Hall–Kier alpha value is -1.00. The van der Waals surface area contributed by atoms with Crippen LogP contribution in [0.4, 0.5) is 5.69 Å². The molecule has 3 rings (SSSR count). The number of likely N-dealkylation sites (tertiary alicyclic amines) is 1. The molecule has 0 aromatic heterocycles. The van der Waals surface area contributed by atoms with Crippen LogP contribution in [0.15, 0.2) is 42.5 Å². The van der Waals surface area contributed by atoms with Crippen molar-refractivity contribution in [1.82, 2.24) is 4.90 Å². The number of halogens is 3. The molecule has 0 spiro atoms. The first-order chi connectivity index (χ1) is 12.5. The van der Waals surface area contributed by atoms with Gasteiger partial charge in [0.05, 0.1) is 20.8 Å². The van der Waals surface area contributed by atoms with Crippen molar-refractivity contribution in [3.8, 4) is 0 Å². The summed E-state index contributed by atoms with van der Waals surface area (Å²) < 4.78 is 0. The van der Waals surface area contributed by atoms with E-state index >= 15 is 0 Å². The average molecular weight is 428 g/mol. The molecule has 0 saturated carbocycles. The minimum atomic E-state index is 0.376. The molecule has 2 aromatic carbocycles. The summed E-state index contributed by atoms with van der Waals surface area (Å²) in [5.41, 5.74) is 2.02. The standard InChI is InChI=1S/C20H21Cl3N2S/c21-16-12-18(23)19(13-17(16)22)24-20(26)25-10-6-2-5-9-15(25)11-14-7-3-1-4-8-14/h1,3-4,7-8,12-13,15H,2,5-6,9-11H2,(H,24,26). The van der Waals surface area contributed by atoms with Gasteiger partial charge in [-0.2, -0.15) is 0 Å². The van der Waals surface area contributed by atoms with Crippen LogP contribution >= 0.6 is 47.0 Å². The Morgan fingerprint density at radius 3 is 2.50 bits per heavy atom. The van der Waals surface area contributed by atoms with Crippen LogP contribution in [0.5, 0.6) is 0 Å². The normalized spacial score (nSPS) is 17.7. The SMILES string of the molecule is S=C(Nc1cc(Cl)c(Cl)cc1Cl)N1CCCCCC1Cc1ccccc1.